The maximum absolute atomic E-state index is 5.85. The van der Waals surface area contributed by atoms with Crippen LogP contribution in [0.5, 0.6) is 11.5 Å². The van der Waals surface area contributed by atoms with Crippen molar-refractivity contribution in [2.45, 2.75) is 39.4 Å². The standard InChI is InChI=1S/C14H20BO2/c1-3-4-5-6-9-12-15(2)16-13-10-7-8-11-14(13)17-15/h7-12H,3-6H2,1-2H3/q-1/b12-9+. The van der Waals surface area contributed by atoms with Crippen molar-refractivity contribution in [2.24, 2.45) is 0 Å². The predicted octanol–water partition coefficient (Wildman–Crippen LogP) is 4.21. The Labute approximate surface area is 104 Å². The Hall–Kier alpha value is -1.38. The summed E-state index contributed by atoms with van der Waals surface area (Å²) in [4.78, 5) is 0. The fraction of sp³-hybridized carbons (Fsp3) is 0.429. The second-order valence-electron chi connectivity index (χ2n) is 4.78. The highest BCUT2D eigenvalue weighted by Gasteiger charge is 2.28. The third-order valence-electron chi connectivity index (χ3n) is 3.03. The monoisotopic (exact) mass is 231 g/mol. The van der Waals surface area contributed by atoms with Gasteiger partial charge in [0.05, 0.1) is 0 Å². The highest BCUT2D eigenvalue weighted by molar-refractivity contribution is 6.73. The summed E-state index contributed by atoms with van der Waals surface area (Å²) in [5.74, 6) is 3.79. The van der Waals surface area contributed by atoms with E-state index in [1.54, 1.807) is 0 Å². The van der Waals surface area contributed by atoms with Crippen molar-refractivity contribution in [3.8, 4) is 11.5 Å². The molecule has 2 rings (SSSR count). The summed E-state index contributed by atoms with van der Waals surface area (Å²) in [6, 6.07) is 7.84. The second-order valence-corrected chi connectivity index (χ2v) is 4.78. The molecule has 0 bridgehead atoms. The lowest BCUT2D eigenvalue weighted by Gasteiger charge is -2.27. The first-order valence-electron chi connectivity index (χ1n) is 6.57. The summed E-state index contributed by atoms with van der Waals surface area (Å²) in [5.41, 5.74) is 0. The van der Waals surface area contributed by atoms with Crippen molar-refractivity contribution in [3.63, 3.8) is 0 Å². The molecular weight excluding hydrogens is 211 g/mol. The van der Waals surface area contributed by atoms with E-state index in [4.69, 9.17) is 9.31 Å². The molecule has 92 valence electrons. The molecule has 0 aromatic heterocycles. The zero-order valence-electron chi connectivity index (χ0n) is 10.7. The van der Waals surface area contributed by atoms with Crippen LogP contribution in [0.25, 0.3) is 0 Å². The van der Waals surface area contributed by atoms with Gasteiger partial charge in [-0.1, -0.05) is 31.9 Å². The molecule has 0 aliphatic carbocycles. The maximum Gasteiger partial charge on any atom is 0.366 e. The Bertz CT molecular complexity index is 376. The minimum absolute atomic E-state index is 0.855. The van der Waals surface area contributed by atoms with Crippen LogP contribution in [0.2, 0.25) is 6.82 Å². The van der Waals surface area contributed by atoms with Gasteiger partial charge in [-0.25, -0.2) is 0 Å². The molecule has 1 aromatic rings. The number of hydrogen-bond donors (Lipinski definition) is 0. The Morgan fingerprint density at radius 1 is 1.12 bits per heavy atom. The van der Waals surface area contributed by atoms with Crippen molar-refractivity contribution >= 4 is 6.55 Å². The topological polar surface area (TPSA) is 18.5 Å². The van der Waals surface area contributed by atoms with Gasteiger partial charge in [0.25, 0.3) is 0 Å². The lowest BCUT2D eigenvalue weighted by Crippen LogP contribution is -2.39. The zero-order chi connectivity index (χ0) is 12.1. The van der Waals surface area contributed by atoms with Gasteiger partial charge >= 0.3 is 6.55 Å². The molecule has 1 aromatic carbocycles. The van der Waals surface area contributed by atoms with Crippen molar-refractivity contribution < 1.29 is 9.31 Å². The summed E-state index contributed by atoms with van der Waals surface area (Å²) >= 11 is 0. The SMILES string of the molecule is CCCCC/C=C/[B-]1(C)Oc2ccccc2O1. The number of allylic oxidation sites excluding steroid dienone is 1. The lowest BCUT2D eigenvalue weighted by atomic mass is 9.60. The quantitative estimate of drug-likeness (QED) is 0.558. The minimum Gasteiger partial charge on any atom is -0.677 e. The van der Waals surface area contributed by atoms with Crippen LogP contribution in [0.1, 0.15) is 32.6 Å². The minimum atomic E-state index is -1.31. The fourth-order valence-electron chi connectivity index (χ4n) is 2.11. The van der Waals surface area contributed by atoms with E-state index in [9.17, 15) is 0 Å². The smallest absolute Gasteiger partial charge is 0.366 e. The predicted molar refractivity (Wildman–Crippen MR) is 72.6 cm³/mol. The molecule has 0 unspecified atom stereocenters. The van der Waals surface area contributed by atoms with Crippen molar-refractivity contribution in [3.05, 3.63) is 36.3 Å². The van der Waals surface area contributed by atoms with Crippen LogP contribution in [0, 0.1) is 0 Å². The van der Waals surface area contributed by atoms with E-state index in [0.717, 1.165) is 17.9 Å². The van der Waals surface area contributed by atoms with Crippen LogP contribution in [-0.4, -0.2) is 6.55 Å². The summed E-state index contributed by atoms with van der Waals surface area (Å²) in [6.07, 6.45) is 7.08. The van der Waals surface area contributed by atoms with Crippen molar-refractivity contribution in [1.29, 1.82) is 0 Å². The average Bonchev–Trinajstić information content (AvgIpc) is 2.65. The van der Waals surface area contributed by atoms with Gasteiger partial charge < -0.3 is 9.31 Å². The number of unbranched alkanes of at least 4 members (excludes halogenated alkanes) is 3. The summed E-state index contributed by atoms with van der Waals surface area (Å²) in [5, 5.41) is 0. The van der Waals surface area contributed by atoms with Crippen molar-refractivity contribution in [2.75, 3.05) is 0 Å². The highest BCUT2D eigenvalue weighted by Crippen LogP contribution is 2.37. The number of rotatable bonds is 5. The molecule has 0 N–H and O–H groups in total. The van der Waals surface area contributed by atoms with E-state index >= 15 is 0 Å². The van der Waals surface area contributed by atoms with Crippen LogP contribution in [-0.2, 0) is 0 Å². The van der Waals surface area contributed by atoms with Crippen LogP contribution in [0.3, 0.4) is 0 Å². The van der Waals surface area contributed by atoms with Gasteiger partial charge in [-0.05, 0) is 25.0 Å². The molecule has 0 saturated heterocycles. The summed E-state index contributed by atoms with van der Waals surface area (Å²) < 4.78 is 11.7. The van der Waals surface area contributed by atoms with Crippen LogP contribution in [0.4, 0.5) is 0 Å². The van der Waals surface area contributed by atoms with Gasteiger partial charge in [-0.3, -0.25) is 0 Å². The molecule has 0 spiro atoms. The first-order valence-corrected chi connectivity index (χ1v) is 6.57. The van der Waals surface area contributed by atoms with Gasteiger partial charge in [0.1, 0.15) is 11.5 Å². The molecule has 0 amide bonds. The molecule has 2 nitrogen and oxygen atoms in total. The van der Waals surface area contributed by atoms with E-state index < -0.39 is 6.55 Å². The molecule has 0 atom stereocenters. The lowest BCUT2D eigenvalue weighted by molar-refractivity contribution is 0.482. The van der Waals surface area contributed by atoms with Gasteiger partial charge in [0.2, 0.25) is 0 Å². The van der Waals surface area contributed by atoms with Crippen LogP contribution < -0.4 is 9.31 Å². The molecule has 0 radical (unpaired) electrons. The zero-order valence-corrected chi connectivity index (χ0v) is 10.7. The van der Waals surface area contributed by atoms with E-state index in [0.29, 0.717) is 0 Å². The van der Waals surface area contributed by atoms with Gasteiger partial charge in [0, 0.05) is 0 Å². The van der Waals surface area contributed by atoms with Crippen LogP contribution >= 0.6 is 0 Å². The number of fused-ring (bicyclic) bond motifs is 1. The average molecular weight is 231 g/mol. The van der Waals surface area contributed by atoms with E-state index in [1.807, 2.05) is 31.1 Å². The van der Waals surface area contributed by atoms with Crippen molar-refractivity contribution in [1.82, 2.24) is 0 Å². The maximum atomic E-state index is 5.85. The number of para-hydroxylation sites is 2. The third kappa shape index (κ3) is 3.05. The molecule has 0 saturated carbocycles. The second kappa shape index (κ2) is 5.30. The molecule has 0 fully saturated rings. The Morgan fingerprint density at radius 3 is 2.35 bits per heavy atom. The van der Waals surface area contributed by atoms with Crippen LogP contribution in [0.15, 0.2) is 36.3 Å². The molecule has 1 heterocycles. The molecular formula is C14H20BO2-. The normalized spacial score (nSPS) is 16.6. The Balaban J connectivity index is 1.91. The first-order chi connectivity index (χ1) is 8.23. The summed E-state index contributed by atoms with van der Waals surface area (Å²) in [6.45, 7) is 2.92. The van der Waals surface area contributed by atoms with E-state index in [1.165, 1.54) is 19.3 Å². The van der Waals surface area contributed by atoms with E-state index in [2.05, 4.69) is 19.0 Å². The molecule has 1 aliphatic rings. The van der Waals surface area contributed by atoms with E-state index in [-0.39, 0.29) is 0 Å². The number of benzene rings is 1. The number of hydrogen-bond acceptors (Lipinski definition) is 2. The first kappa shape index (κ1) is 12.1. The highest BCUT2D eigenvalue weighted by atomic mass is 16.6. The third-order valence-corrected chi connectivity index (χ3v) is 3.03. The van der Waals surface area contributed by atoms with Gasteiger partial charge in [0.15, 0.2) is 0 Å². The largest absolute Gasteiger partial charge is 0.677 e. The molecule has 1 aliphatic heterocycles. The Morgan fingerprint density at radius 2 is 1.76 bits per heavy atom. The summed E-state index contributed by atoms with van der Waals surface area (Å²) in [7, 11) is 0. The van der Waals surface area contributed by atoms with Gasteiger partial charge in [-0.15, -0.1) is 12.9 Å². The van der Waals surface area contributed by atoms with Gasteiger partial charge in [-0.2, -0.15) is 5.98 Å². The molecule has 3 heteroatoms. The molecule has 17 heavy (non-hydrogen) atoms. The fourth-order valence-corrected chi connectivity index (χ4v) is 2.11. The Kier molecular flexibility index (Phi) is 3.77.